The fourth-order valence-corrected chi connectivity index (χ4v) is 3.55. The summed E-state index contributed by atoms with van der Waals surface area (Å²) in [6.07, 6.45) is -0.811. The van der Waals surface area contributed by atoms with E-state index in [1.807, 2.05) is 6.92 Å². The van der Waals surface area contributed by atoms with Crippen molar-refractivity contribution < 1.29 is 22.9 Å². The number of carbonyl (C=O) groups excluding carboxylic acids is 1. The average molecular weight is 438 g/mol. The first-order valence-corrected chi connectivity index (χ1v) is 9.71. The Morgan fingerprint density at radius 1 is 1.26 bits per heavy atom. The third-order valence-electron chi connectivity index (χ3n) is 5.31. The molecule has 1 N–H and O–H groups in total. The van der Waals surface area contributed by atoms with E-state index < -0.39 is 28.3 Å². The summed E-state index contributed by atoms with van der Waals surface area (Å²) in [5.74, 6) is -0.744. The van der Waals surface area contributed by atoms with E-state index in [0.717, 1.165) is 12.1 Å². The number of nitrogens with zero attached hydrogens (tertiary/aromatic N) is 3. The lowest BCUT2D eigenvalue weighted by molar-refractivity contribution is -0.384. The highest BCUT2D eigenvalue weighted by atomic mass is 19.4. The molecule has 1 amide bonds. The molecule has 0 radical (unpaired) electrons. The van der Waals surface area contributed by atoms with Crippen LogP contribution in [-0.4, -0.2) is 28.5 Å². The molecule has 1 aromatic carbocycles. The molecular formula is C20H21F3N4O4. The van der Waals surface area contributed by atoms with Crippen molar-refractivity contribution in [2.45, 2.75) is 32.5 Å². The number of nitro benzene ring substituents is 1. The minimum atomic E-state index is -4.68. The molecule has 2 heterocycles. The van der Waals surface area contributed by atoms with Gasteiger partial charge in [-0.1, -0.05) is 0 Å². The number of benzene rings is 1. The van der Waals surface area contributed by atoms with Crippen LogP contribution in [0.5, 0.6) is 0 Å². The van der Waals surface area contributed by atoms with Crippen LogP contribution in [0.3, 0.4) is 0 Å². The molecule has 8 nitrogen and oxygen atoms in total. The number of halogens is 3. The van der Waals surface area contributed by atoms with E-state index in [9.17, 15) is 32.9 Å². The molecule has 0 unspecified atom stereocenters. The van der Waals surface area contributed by atoms with Gasteiger partial charge in [-0.15, -0.1) is 0 Å². The van der Waals surface area contributed by atoms with Crippen molar-refractivity contribution in [3.63, 3.8) is 0 Å². The van der Waals surface area contributed by atoms with Crippen LogP contribution in [-0.2, 0) is 17.5 Å². The number of pyridine rings is 1. The van der Waals surface area contributed by atoms with Crippen molar-refractivity contribution >= 4 is 23.0 Å². The van der Waals surface area contributed by atoms with Crippen molar-refractivity contribution in [2.24, 2.45) is 5.92 Å². The summed E-state index contributed by atoms with van der Waals surface area (Å²) >= 11 is 0. The van der Waals surface area contributed by atoms with Gasteiger partial charge < -0.3 is 14.8 Å². The number of hydrogen-bond acceptors (Lipinski definition) is 5. The molecule has 0 bridgehead atoms. The smallest absolute Gasteiger partial charge is 0.366 e. The Hall–Kier alpha value is -3.37. The second-order valence-corrected chi connectivity index (χ2v) is 7.26. The van der Waals surface area contributed by atoms with Crippen LogP contribution >= 0.6 is 0 Å². The quantitative estimate of drug-likeness (QED) is 0.568. The number of anilines is 2. The lowest BCUT2D eigenvalue weighted by Gasteiger charge is -2.32. The van der Waals surface area contributed by atoms with Crippen LogP contribution in [0, 0.1) is 16.0 Å². The van der Waals surface area contributed by atoms with Crippen LogP contribution < -0.4 is 15.6 Å². The fraction of sp³-hybridized carbons (Fsp3) is 0.400. The first kappa shape index (κ1) is 22.3. The second-order valence-electron chi connectivity index (χ2n) is 7.26. The number of rotatable bonds is 5. The molecule has 1 aliphatic rings. The summed E-state index contributed by atoms with van der Waals surface area (Å²) in [5, 5.41) is 14.0. The van der Waals surface area contributed by atoms with Gasteiger partial charge in [0.25, 0.3) is 5.69 Å². The largest absolute Gasteiger partial charge is 0.416 e. The SMILES string of the molecule is CCn1ccc(=O)c(NC(=O)C2CCN(c3ccc(C(F)(F)F)cc3[N+](=O)[O-])CC2)c1. The molecule has 1 aliphatic heterocycles. The van der Waals surface area contributed by atoms with Gasteiger partial charge in [0.15, 0.2) is 0 Å². The van der Waals surface area contributed by atoms with Gasteiger partial charge in [0, 0.05) is 50.1 Å². The molecule has 1 fully saturated rings. The third-order valence-corrected chi connectivity index (χ3v) is 5.31. The van der Waals surface area contributed by atoms with Gasteiger partial charge in [-0.05, 0) is 31.9 Å². The van der Waals surface area contributed by atoms with E-state index in [4.69, 9.17) is 0 Å². The highest BCUT2D eigenvalue weighted by molar-refractivity contribution is 5.92. The minimum absolute atomic E-state index is 0.0887. The van der Waals surface area contributed by atoms with Gasteiger partial charge in [-0.25, -0.2) is 0 Å². The molecule has 0 spiro atoms. The number of aryl methyl sites for hydroxylation is 1. The third kappa shape index (κ3) is 5.04. The van der Waals surface area contributed by atoms with Crippen LogP contribution in [0.2, 0.25) is 0 Å². The highest BCUT2D eigenvalue weighted by Gasteiger charge is 2.35. The zero-order chi connectivity index (χ0) is 22.8. The first-order chi connectivity index (χ1) is 14.6. The van der Waals surface area contributed by atoms with E-state index in [0.29, 0.717) is 25.5 Å². The number of carbonyl (C=O) groups is 1. The topological polar surface area (TPSA) is 97.5 Å². The van der Waals surface area contributed by atoms with Crippen LogP contribution in [0.4, 0.5) is 30.2 Å². The first-order valence-electron chi connectivity index (χ1n) is 9.71. The summed E-state index contributed by atoms with van der Waals surface area (Å²) in [6.45, 7) is 3.05. The van der Waals surface area contributed by atoms with Crippen molar-refractivity contribution in [1.29, 1.82) is 0 Å². The van der Waals surface area contributed by atoms with Crippen LogP contribution in [0.15, 0.2) is 41.5 Å². The van der Waals surface area contributed by atoms with Crippen molar-refractivity contribution in [3.8, 4) is 0 Å². The molecule has 0 atom stereocenters. The van der Waals surface area contributed by atoms with E-state index in [1.54, 1.807) is 21.9 Å². The van der Waals surface area contributed by atoms with Crippen LogP contribution in [0.1, 0.15) is 25.3 Å². The summed E-state index contributed by atoms with van der Waals surface area (Å²) in [6, 6.07) is 3.81. The van der Waals surface area contributed by atoms with Gasteiger partial charge in [-0.3, -0.25) is 19.7 Å². The summed E-state index contributed by atoms with van der Waals surface area (Å²) in [5.41, 5.74) is -1.75. The van der Waals surface area contributed by atoms with E-state index >= 15 is 0 Å². The molecule has 31 heavy (non-hydrogen) atoms. The number of hydrogen-bond donors (Lipinski definition) is 1. The maximum atomic E-state index is 12.9. The summed E-state index contributed by atoms with van der Waals surface area (Å²) in [7, 11) is 0. The normalized spacial score (nSPS) is 15.0. The standard InChI is InChI=1S/C20H21F3N4O4/c1-2-25-8-7-18(28)15(12-25)24-19(29)13-5-9-26(10-6-13)16-4-3-14(20(21,22)23)11-17(16)27(30)31/h3-4,7-8,11-13H,2,5-6,9-10H2,1H3,(H,24,29). The molecule has 11 heteroatoms. The Morgan fingerprint density at radius 3 is 2.52 bits per heavy atom. The van der Waals surface area contributed by atoms with E-state index in [2.05, 4.69) is 5.32 Å². The minimum Gasteiger partial charge on any atom is -0.366 e. The van der Waals surface area contributed by atoms with E-state index in [-0.39, 0.29) is 35.8 Å². The number of amides is 1. The Labute approximate surface area is 175 Å². The van der Waals surface area contributed by atoms with Crippen molar-refractivity contribution in [1.82, 2.24) is 4.57 Å². The number of nitrogens with one attached hydrogen (secondary N) is 1. The highest BCUT2D eigenvalue weighted by Crippen LogP contribution is 2.37. The average Bonchev–Trinajstić information content (AvgIpc) is 2.74. The number of piperidine rings is 1. The fourth-order valence-electron chi connectivity index (χ4n) is 3.55. The molecule has 0 saturated carbocycles. The number of alkyl halides is 3. The Bertz CT molecular complexity index is 1040. The maximum Gasteiger partial charge on any atom is 0.416 e. The van der Waals surface area contributed by atoms with Gasteiger partial charge in [0.2, 0.25) is 11.3 Å². The predicted molar refractivity (Wildman–Crippen MR) is 108 cm³/mol. The van der Waals surface area contributed by atoms with Gasteiger partial charge in [-0.2, -0.15) is 13.2 Å². The Balaban J connectivity index is 1.70. The lowest BCUT2D eigenvalue weighted by Crippen LogP contribution is -2.39. The lowest BCUT2D eigenvalue weighted by atomic mass is 9.95. The molecule has 1 saturated heterocycles. The Kier molecular flexibility index (Phi) is 6.32. The van der Waals surface area contributed by atoms with E-state index in [1.165, 1.54) is 6.07 Å². The van der Waals surface area contributed by atoms with Gasteiger partial charge in [0.1, 0.15) is 11.4 Å². The summed E-state index contributed by atoms with van der Waals surface area (Å²) in [4.78, 5) is 36.6. The van der Waals surface area contributed by atoms with Crippen molar-refractivity contribution in [3.05, 3.63) is 62.6 Å². The molecule has 1 aromatic heterocycles. The van der Waals surface area contributed by atoms with Crippen LogP contribution in [0.25, 0.3) is 0 Å². The predicted octanol–water partition coefficient (Wildman–Crippen LogP) is 3.65. The number of nitro groups is 1. The second kappa shape index (κ2) is 8.78. The molecular weight excluding hydrogens is 417 g/mol. The zero-order valence-corrected chi connectivity index (χ0v) is 16.7. The summed E-state index contributed by atoms with van der Waals surface area (Å²) < 4.78 is 40.4. The Morgan fingerprint density at radius 2 is 1.94 bits per heavy atom. The van der Waals surface area contributed by atoms with Gasteiger partial charge >= 0.3 is 6.18 Å². The number of aromatic nitrogens is 1. The maximum absolute atomic E-state index is 12.9. The molecule has 0 aliphatic carbocycles. The molecule has 3 rings (SSSR count). The monoisotopic (exact) mass is 438 g/mol. The van der Waals surface area contributed by atoms with Gasteiger partial charge in [0.05, 0.1) is 10.5 Å². The molecule has 2 aromatic rings. The zero-order valence-electron chi connectivity index (χ0n) is 16.7. The molecule has 166 valence electrons. The van der Waals surface area contributed by atoms with Crippen molar-refractivity contribution in [2.75, 3.05) is 23.3 Å².